The normalized spacial score (nSPS) is 11.1. The Balaban J connectivity index is 2.90. The lowest BCUT2D eigenvalue weighted by molar-refractivity contribution is 0.764. The summed E-state index contributed by atoms with van der Waals surface area (Å²) in [7, 11) is 0. The van der Waals surface area contributed by atoms with E-state index in [2.05, 4.69) is 45.9 Å². The Morgan fingerprint density at radius 1 is 1.00 bits per heavy atom. The predicted octanol–water partition coefficient (Wildman–Crippen LogP) is 5.11. The van der Waals surface area contributed by atoms with Crippen molar-refractivity contribution in [3.05, 3.63) is 34.9 Å². The maximum Gasteiger partial charge on any atom is -0.0216 e. The zero-order valence-electron chi connectivity index (χ0n) is 11.3. The van der Waals surface area contributed by atoms with Crippen LogP contribution in [0.5, 0.6) is 0 Å². The van der Waals surface area contributed by atoms with E-state index in [1.54, 1.807) is 11.1 Å². The van der Waals surface area contributed by atoms with Crippen LogP contribution in [0.4, 0.5) is 0 Å². The minimum Gasteiger partial charge on any atom is -0.0654 e. The van der Waals surface area contributed by atoms with Crippen LogP contribution in [0.3, 0.4) is 0 Å². The van der Waals surface area contributed by atoms with E-state index in [1.165, 1.54) is 37.7 Å². The van der Waals surface area contributed by atoms with Gasteiger partial charge >= 0.3 is 0 Å². The zero-order valence-corrected chi connectivity index (χ0v) is 11.3. The van der Waals surface area contributed by atoms with Crippen molar-refractivity contribution in [3.63, 3.8) is 0 Å². The van der Waals surface area contributed by atoms with E-state index in [0.717, 1.165) is 0 Å². The lowest BCUT2D eigenvalue weighted by atomic mass is 9.91. The fourth-order valence-corrected chi connectivity index (χ4v) is 2.22. The van der Waals surface area contributed by atoms with Crippen molar-refractivity contribution in [1.29, 1.82) is 0 Å². The molecule has 0 aliphatic rings. The molecular formula is C16H26. The van der Waals surface area contributed by atoms with Gasteiger partial charge in [0.1, 0.15) is 0 Å². The van der Waals surface area contributed by atoms with Gasteiger partial charge in [0.2, 0.25) is 0 Å². The monoisotopic (exact) mass is 218 g/mol. The predicted molar refractivity (Wildman–Crippen MR) is 73.1 cm³/mol. The third kappa shape index (κ3) is 3.66. The molecule has 0 heterocycles. The van der Waals surface area contributed by atoms with E-state index in [1.807, 2.05) is 0 Å². The Hall–Kier alpha value is -0.780. The molecule has 90 valence electrons. The van der Waals surface area contributed by atoms with Crippen LogP contribution < -0.4 is 0 Å². The molecule has 16 heavy (non-hydrogen) atoms. The van der Waals surface area contributed by atoms with E-state index in [-0.39, 0.29) is 0 Å². The smallest absolute Gasteiger partial charge is 0.0216 e. The summed E-state index contributed by atoms with van der Waals surface area (Å²) in [6.07, 6.45) is 6.30. The van der Waals surface area contributed by atoms with Crippen LogP contribution in [0.1, 0.15) is 69.6 Å². The highest BCUT2D eigenvalue weighted by atomic mass is 14.1. The molecule has 1 aromatic rings. The van der Waals surface area contributed by atoms with Crippen LogP contribution >= 0.6 is 0 Å². The highest BCUT2D eigenvalue weighted by Gasteiger charge is 2.07. The van der Waals surface area contributed by atoms with Gasteiger partial charge in [-0.2, -0.15) is 0 Å². The number of aryl methyl sites for hydroxylation is 2. The maximum absolute atomic E-state index is 2.43. The van der Waals surface area contributed by atoms with Gasteiger partial charge in [-0.05, 0) is 41.9 Å². The van der Waals surface area contributed by atoms with Crippen molar-refractivity contribution >= 4 is 0 Å². The molecule has 1 aromatic carbocycles. The van der Waals surface area contributed by atoms with Crippen molar-refractivity contribution in [1.82, 2.24) is 0 Å². The first-order valence-corrected chi connectivity index (χ1v) is 6.80. The fourth-order valence-electron chi connectivity index (χ4n) is 2.22. The van der Waals surface area contributed by atoms with Crippen molar-refractivity contribution < 1.29 is 0 Å². The molecule has 0 saturated carbocycles. The van der Waals surface area contributed by atoms with Crippen molar-refractivity contribution in [3.8, 4) is 0 Å². The van der Waals surface area contributed by atoms with Gasteiger partial charge in [-0.25, -0.2) is 0 Å². The number of unbranched alkanes of at least 4 members (excludes halogenated alkanes) is 1. The Kier molecular flexibility index (Phi) is 5.59. The minimum atomic E-state index is 0.656. The molecular weight excluding hydrogens is 192 g/mol. The first-order valence-electron chi connectivity index (χ1n) is 6.80. The second-order valence-electron chi connectivity index (χ2n) is 5.04. The van der Waals surface area contributed by atoms with Crippen molar-refractivity contribution in [2.75, 3.05) is 0 Å². The average Bonchev–Trinajstić information content (AvgIpc) is 2.27. The lowest BCUT2D eigenvalue weighted by Crippen LogP contribution is -1.98. The molecule has 1 rings (SSSR count). The maximum atomic E-state index is 2.43. The molecule has 0 aliphatic carbocycles. The molecule has 0 nitrogen and oxygen atoms in total. The summed E-state index contributed by atoms with van der Waals surface area (Å²) in [5.41, 5.74) is 4.64. The van der Waals surface area contributed by atoms with Crippen LogP contribution in [0, 0.1) is 0 Å². The molecule has 0 N–H and O–H groups in total. The largest absolute Gasteiger partial charge is 0.0654 e. The molecule has 0 aliphatic heterocycles. The van der Waals surface area contributed by atoms with Crippen LogP contribution in [-0.4, -0.2) is 0 Å². The number of hydrogen-bond acceptors (Lipinski definition) is 0. The van der Waals surface area contributed by atoms with Gasteiger partial charge in [0.05, 0.1) is 0 Å². The van der Waals surface area contributed by atoms with Crippen LogP contribution in [0.25, 0.3) is 0 Å². The molecule has 0 atom stereocenters. The molecule has 0 fully saturated rings. The topological polar surface area (TPSA) is 0 Å². The second kappa shape index (κ2) is 6.73. The van der Waals surface area contributed by atoms with Gasteiger partial charge in [0.25, 0.3) is 0 Å². The molecule has 0 heteroatoms. The van der Waals surface area contributed by atoms with E-state index < -0.39 is 0 Å². The first kappa shape index (κ1) is 13.3. The summed E-state index contributed by atoms with van der Waals surface area (Å²) in [5, 5.41) is 0. The Morgan fingerprint density at radius 3 is 2.31 bits per heavy atom. The highest BCUT2D eigenvalue weighted by Crippen LogP contribution is 2.23. The fraction of sp³-hybridized carbons (Fsp3) is 0.625. The summed E-state index contributed by atoms with van der Waals surface area (Å²) in [4.78, 5) is 0. The number of benzene rings is 1. The molecule has 0 amide bonds. The van der Waals surface area contributed by atoms with E-state index >= 15 is 0 Å². The van der Waals surface area contributed by atoms with E-state index in [0.29, 0.717) is 5.92 Å². The highest BCUT2D eigenvalue weighted by molar-refractivity contribution is 5.34. The first-order chi connectivity index (χ1) is 7.69. The van der Waals surface area contributed by atoms with Crippen LogP contribution in [-0.2, 0) is 12.8 Å². The third-order valence-corrected chi connectivity index (χ3v) is 3.17. The van der Waals surface area contributed by atoms with Gasteiger partial charge in [0, 0.05) is 0 Å². The Labute approximate surface area is 101 Å². The summed E-state index contributed by atoms with van der Waals surface area (Å²) in [5.74, 6) is 0.656. The third-order valence-electron chi connectivity index (χ3n) is 3.17. The quantitative estimate of drug-likeness (QED) is 0.622. The molecule has 0 radical (unpaired) electrons. The van der Waals surface area contributed by atoms with Crippen molar-refractivity contribution in [2.24, 2.45) is 0 Å². The Bertz CT molecular complexity index is 310. The molecule has 0 saturated heterocycles. The summed E-state index contributed by atoms with van der Waals surface area (Å²) in [6, 6.07) is 7.11. The van der Waals surface area contributed by atoms with Gasteiger partial charge in [-0.15, -0.1) is 0 Å². The molecule has 0 bridgehead atoms. The van der Waals surface area contributed by atoms with Crippen LogP contribution in [0.15, 0.2) is 18.2 Å². The van der Waals surface area contributed by atoms with Crippen molar-refractivity contribution in [2.45, 2.75) is 65.7 Å². The summed E-state index contributed by atoms with van der Waals surface area (Å²) < 4.78 is 0. The van der Waals surface area contributed by atoms with Gasteiger partial charge in [0.15, 0.2) is 0 Å². The standard InChI is InChI=1S/C16H26/c1-5-7-9-15-11-10-14(8-6-2)12-16(15)13(3)4/h10-13H,5-9H2,1-4H3. The van der Waals surface area contributed by atoms with Gasteiger partial charge in [-0.1, -0.05) is 58.7 Å². The number of hydrogen-bond donors (Lipinski definition) is 0. The van der Waals surface area contributed by atoms with E-state index in [9.17, 15) is 0 Å². The molecule has 0 unspecified atom stereocenters. The Morgan fingerprint density at radius 2 is 1.75 bits per heavy atom. The lowest BCUT2D eigenvalue weighted by Gasteiger charge is -2.14. The molecule has 0 aromatic heterocycles. The van der Waals surface area contributed by atoms with Gasteiger partial charge < -0.3 is 0 Å². The van der Waals surface area contributed by atoms with E-state index in [4.69, 9.17) is 0 Å². The summed E-state index contributed by atoms with van der Waals surface area (Å²) in [6.45, 7) is 9.13. The summed E-state index contributed by atoms with van der Waals surface area (Å²) >= 11 is 0. The minimum absolute atomic E-state index is 0.656. The van der Waals surface area contributed by atoms with Crippen LogP contribution in [0.2, 0.25) is 0 Å². The molecule has 0 spiro atoms. The van der Waals surface area contributed by atoms with Gasteiger partial charge in [-0.3, -0.25) is 0 Å². The zero-order chi connectivity index (χ0) is 12.0. The average molecular weight is 218 g/mol. The number of rotatable bonds is 6. The SMILES string of the molecule is CCCCc1ccc(CCC)cc1C(C)C. The second-order valence-corrected chi connectivity index (χ2v) is 5.04.